The predicted octanol–water partition coefficient (Wildman–Crippen LogP) is -0.160. The number of aryl methyl sites for hydroxylation is 1. The summed E-state index contributed by atoms with van der Waals surface area (Å²) in [6.45, 7) is 0.461. The van der Waals surface area contributed by atoms with Gasteiger partial charge in [-0.05, 0) is 6.07 Å². The molecule has 0 unspecified atom stereocenters. The van der Waals surface area contributed by atoms with Crippen molar-refractivity contribution in [3.05, 3.63) is 30.6 Å². The lowest BCUT2D eigenvalue weighted by molar-refractivity contribution is 0.783. The Morgan fingerprint density at radius 3 is 2.71 bits per heavy atom. The Bertz CT molecular complexity index is 716. The Morgan fingerprint density at radius 1 is 1.19 bits per heavy atom. The number of rotatable bonds is 5. The monoisotopic (exact) mass is 286 g/mol. The second kappa shape index (κ2) is 5.53. The van der Waals surface area contributed by atoms with Gasteiger partial charge in [-0.25, -0.2) is 4.68 Å². The van der Waals surface area contributed by atoms with Gasteiger partial charge < -0.3 is 15.2 Å². The number of nitrogens with one attached hydrogen (secondary N) is 2. The zero-order chi connectivity index (χ0) is 14.7. The number of hydrogen-bond donors (Lipinski definition) is 2. The Kier molecular flexibility index (Phi) is 3.41. The van der Waals surface area contributed by atoms with Crippen molar-refractivity contribution < 1.29 is 0 Å². The molecular weight excluding hydrogens is 272 g/mol. The molecule has 3 aromatic heterocycles. The van der Waals surface area contributed by atoms with Crippen LogP contribution in [0.25, 0.3) is 5.95 Å². The van der Waals surface area contributed by atoms with E-state index >= 15 is 0 Å². The average Bonchev–Trinajstić information content (AvgIpc) is 3.16. The van der Waals surface area contributed by atoms with E-state index in [1.54, 1.807) is 36.5 Å². The summed E-state index contributed by atoms with van der Waals surface area (Å²) in [6.07, 6.45) is 5.06. The van der Waals surface area contributed by atoms with Gasteiger partial charge in [0.15, 0.2) is 5.82 Å². The molecule has 0 aromatic carbocycles. The molecule has 0 atom stereocenters. The predicted molar refractivity (Wildman–Crippen MR) is 74.8 cm³/mol. The van der Waals surface area contributed by atoms with Gasteiger partial charge in [0.1, 0.15) is 6.33 Å². The van der Waals surface area contributed by atoms with E-state index in [0.717, 1.165) is 5.82 Å². The van der Waals surface area contributed by atoms with Gasteiger partial charge in [-0.15, -0.1) is 10.2 Å². The quantitative estimate of drug-likeness (QED) is 0.665. The van der Waals surface area contributed by atoms with E-state index in [9.17, 15) is 0 Å². The summed E-state index contributed by atoms with van der Waals surface area (Å²) in [5.74, 6) is 2.10. The maximum absolute atomic E-state index is 4.32. The van der Waals surface area contributed by atoms with Gasteiger partial charge in [-0.3, -0.25) is 0 Å². The largest absolute Gasteiger partial charge is 0.357 e. The summed E-state index contributed by atoms with van der Waals surface area (Å²) in [5, 5.41) is 17.9. The molecule has 3 heterocycles. The smallest absolute Gasteiger partial charge is 0.257 e. The third kappa shape index (κ3) is 2.78. The van der Waals surface area contributed by atoms with E-state index in [1.807, 2.05) is 11.6 Å². The van der Waals surface area contributed by atoms with Gasteiger partial charge in [0, 0.05) is 26.5 Å². The maximum Gasteiger partial charge on any atom is 0.257 e. The lowest BCUT2D eigenvalue weighted by atomic mass is 10.6. The normalized spacial score (nSPS) is 10.6. The van der Waals surface area contributed by atoms with Crippen LogP contribution in [0, 0.1) is 0 Å². The summed E-state index contributed by atoms with van der Waals surface area (Å²) in [5.41, 5.74) is 0. The van der Waals surface area contributed by atoms with E-state index in [0.29, 0.717) is 24.4 Å². The minimum absolute atomic E-state index is 0.430. The Labute approximate surface area is 120 Å². The summed E-state index contributed by atoms with van der Waals surface area (Å²) in [6, 6.07) is 1.80. The second-order valence-electron chi connectivity index (χ2n) is 4.19. The molecule has 0 amide bonds. The highest BCUT2D eigenvalue weighted by Crippen LogP contribution is 2.09. The first-order valence-corrected chi connectivity index (χ1v) is 6.27. The van der Waals surface area contributed by atoms with Crippen molar-refractivity contribution in [2.75, 3.05) is 17.7 Å². The molecule has 10 heteroatoms. The van der Waals surface area contributed by atoms with E-state index in [2.05, 4.69) is 40.9 Å². The Hall–Kier alpha value is -3.04. The molecule has 2 N–H and O–H groups in total. The fourth-order valence-corrected chi connectivity index (χ4v) is 1.67. The zero-order valence-corrected chi connectivity index (χ0v) is 11.6. The van der Waals surface area contributed by atoms with E-state index in [1.165, 1.54) is 0 Å². The molecule has 108 valence electrons. The van der Waals surface area contributed by atoms with Crippen LogP contribution in [0.1, 0.15) is 5.82 Å². The molecule has 21 heavy (non-hydrogen) atoms. The highest BCUT2D eigenvalue weighted by Gasteiger charge is 2.08. The number of nitrogens with zero attached hydrogens (tertiary/aromatic N) is 8. The van der Waals surface area contributed by atoms with Crippen LogP contribution in [0.3, 0.4) is 0 Å². The summed E-state index contributed by atoms with van der Waals surface area (Å²) in [7, 11) is 3.62. The van der Waals surface area contributed by atoms with Crippen molar-refractivity contribution in [1.29, 1.82) is 0 Å². The van der Waals surface area contributed by atoms with Crippen molar-refractivity contribution in [3.63, 3.8) is 0 Å². The van der Waals surface area contributed by atoms with E-state index in [-0.39, 0.29) is 0 Å². The third-order valence-electron chi connectivity index (χ3n) is 2.77. The lowest BCUT2D eigenvalue weighted by Gasteiger charge is -2.08. The van der Waals surface area contributed by atoms with Crippen LogP contribution in [0.4, 0.5) is 11.9 Å². The highest BCUT2D eigenvalue weighted by atomic mass is 15.4. The maximum atomic E-state index is 4.32. The lowest BCUT2D eigenvalue weighted by Crippen LogP contribution is -2.13. The molecule has 0 radical (unpaired) electrons. The number of anilines is 2. The second-order valence-corrected chi connectivity index (χ2v) is 4.19. The van der Waals surface area contributed by atoms with Crippen LogP contribution in [0.5, 0.6) is 0 Å². The average molecular weight is 286 g/mol. The fourth-order valence-electron chi connectivity index (χ4n) is 1.67. The molecule has 0 spiro atoms. The van der Waals surface area contributed by atoms with Gasteiger partial charge in [0.25, 0.3) is 5.95 Å². The van der Waals surface area contributed by atoms with Crippen molar-refractivity contribution in [1.82, 2.24) is 39.5 Å². The zero-order valence-electron chi connectivity index (χ0n) is 11.6. The van der Waals surface area contributed by atoms with Gasteiger partial charge >= 0.3 is 0 Å². The molecule has 0 aliphatic heterocycles. The summed E-state index contributed by atoms with van der Waals surface area (Å²) >= 11 is 0. The standard InChI is InChI=1S/C11H14N10/c1-12-9-16-10(13-6-8-19-14-7-20(8)2)18-11(17-9)21-5-3-4-15-21/h3-5,7H,6H2,1-2H3,(H2,12,13,16,17,18). The van der Waals surface area contributed by atoms with Crippen LogP contribution in [0.2, 0.25) is 0 Å². The molecule has 0 fully saturated rings. The van der Waals surface area contributed by atoms with Gasteiger partial charge in [-0.1, -0.05) is 0 Å². The topological polar surface area (TPSA) is 111 Å². The van der Waals surface area contributed by atoms with Crippen molar-refractivity contribution in [2.45, 2.75) is 6.54 Å². The Morgan fingerprint density at radius 2 is 2.05 bits per heavy atom. The number of aromatic nitrogens is 8. The molecule has 0 bridgehead atoms. The van der Waals surface area contributed by atoms with E-state index < -0.39 is 0 Å². The minimum Gasteiger partial charge on any atom is -0.357 e. The van der Waals surface area contributed by atoms with Gasteiger partial charge in [-0.2, -0.15) is 20.1 Å². The molecule has 0 saturated carbocycles. The fraction of sp³-hybridized carbons (Fsp3) is 0.273. The van der Waals surface area contributed by atoms with Crippen LogP contribution < -0.4 is 10.6 Å². The van der Waals surface area contributed by atoms with Crippen molar-refractivity contribution >= 4 is 11.9 Å². The summed E-state index contributed by atoms with van der Waals surface area (Å²) < 4.78 is 3.39. The molecule has 3 rings (SSSR count). The highest BCUT2D eigenvalue weighted by molar-refractivity contribution is 5.37. The number of hydrogen-bond acceptors (Lipinski definition) is 8. The molecular formula is C11H14N10. The van der Waals surface area contributed by atoms with Crippen LogP contribution in [0.15, 0.2) is 24.8 Å². The van der Waals surface area contributed by atoms with Crippen molar-refractivity contribution in [2.24, 2.45) is 7.05 Å². The van der Waals surface area contributed by atoms with E-state index in [4.69, 9.17) is 0 Å². The summed E-state index contributed by atoms with van der Waals surface area (Å²) in [4.78, 5) is 12.8. The van der Waals surface area contributed by atoms with Gasteiger partial charge in [0.2, 0.25) is 11.9 Å². The van der Waals surface area contributed by atoms with Crippen LogP contribution >= 0.6 is 0 Å². The molecule has 10 nitrogen and oxygen atoms in total. The molecule has 0 aliphatic carbocycles. The molecule has 3 aromatic rings. The van der Waals surface area contributed by atoms with Crippen LogP contribution in [-0.2, 0) is 13.6 Å². The molecule has 0 saturated heterocycles. The minimum atomic E-state index is 0.430. The third-order valence-corrected chi connectivity index (χ3v) is 2.77. The Balaban J connectivity index is 1.84. The SMILES string of the molecule is CNc1nc(NCc2nncn2C)nc(-n2cccn2)n1. The van der Waals surface area contributed by atoms with Gasteiger partial charge in [0.05, 0.1) is 6.54 Å². The van der Waals surface area contributed by atoms with Crippen molar-refractivity contribution in [3.8, 4) is 5.95 Å². The molecule has 0 aliphatic rings. The first kappa shape index (κ1) is 13.0. The van der Waals surface area contributed by atoms with Crippen LogP contribution in [-0.4, -0.2) is 46.5 Å². The first-order valence-electron chi connectivity index (χ1n) is 6.27. The first-order chi connectivity index (χ1) is 10.3.